The van der Waals surface area contributed by atoms with Gasteiger partial charge in [-0.15, -0.1) is 0 Å². The number of hydrogen-bond donors (Lipinski definition) is 2. The molecular formula is C19H21N5O2. The number of pyridine rings is 1. The second-order valence-electron chi connectivity index (χ2n) is 6.49. The van der Waals surface area contributed by atoms with Crippen molar-refractivity contribution < 1.29 is 9.21 Å². The number of nitrogens with zero attached hydrogens (tertiary/aromatic N) is 3. The average molecular weight is 351 g/mol. The summed E-state index contributed by atoms with van der Waals surface area (Å²) in [7, 11) is 0. The molecule has 4 rings (SSSR count). The largest absolute Gasteiger partial charge is 0.424 e. The molecule has 7 nitrogen and oxygen atoms in total. The number of oxazole rings is 1. The number of carbonyl (C=O) groups excluding carboxylic acids is 1. The lowest BCUT2D eigenvalue weighted by molar-refractivity contribution is -0.122. The highest BCUT2D eigenvalue weighted by atomic mass is 16.4. The van der Waals surface area contributed by atoms with Gasteiger partial charge in [-0.25, -0.2) is 4.98 Å². The van der Waals surface area contributed by atoms with E-state index in [1.807, 2.05) is 36.4 Å². The Balaban J connectivity index is 1.46. The fraction of sp³-hybridized carbons (Fsp3) is 0.316. The highest BCUT2D eigenvalue weighted by Gasteiger charge is 2.25. The number of hydrogen-bond acceptors (Lipinski definition) is 6. The Hall–Kier alpha value is -3.09. The van der Waals surface area contributed by atoms with Crippen LogP contribution in [0.3, 0.4) is 0 Å². The first-order valence-electron chi connectivity index (χ1n) is 8.78. The van der Waals surface area contributed by atoms with E-state index in [-0.39, 0.29) is 11.8 Å². The number of anilines is 2. The maximum atomic E-state index is 11.4. The van der Waals surface area contributed by atoms with Crippen molar-refractivity contribution in [3.8, 4) is 0 Å². The Morgan fingerprint density at radius 1 is 1.23 bits per heavy atom. The maximum Gasteiger partial charge on any atom is 0.295 e. The molecule has 3 N–H and O–H groups in total. The molecule has 1 fully saturated rings. The molecule has 0 saturated carbocycles. The summed E-state index contributed by atoms with van der Waals surface area (Å²) in [5.74, 6) is 0.693. The third-order valence-electron chi connectivity index (χ3n) is 4.79. The summed E-state index contributed by atoms with van der Waals surface area (Å²) >= 11 is 0. The van der Waals surface area contributed by atoms with Gasteiger partial charge in [0.15, 0.2) is 5.58 Å². The summed E-state index contributed by atoms with van der Waals surface area (Å²) in [6.07, 6.45) is 3.33. The Bertz CT molecular complexity index is 882. The topological polar surface area (TPSA) is 97.3 Å². The molecule has 0 atom stereocenters. The first-order chi connectivity index (χ1) is 12.7. The number of nitrogens with one attached hydrogen (secondary N) is 1. The third kappa shape index (κ3) is 3.33. The van der Waals surface area contributed by atoms with E-state index in [4.69, 9.17) is 10.2 Å². The van der Waals surface area contributed by atoms with Crippen LogP contribution in [0.4, 0.5) is 11.8 Å². The van der Waals surface area contributed by atoms with Crippen LogP contribution >= 0.6 is 0 Å². The van der Waals surface area contributed by atoms with Crippen LogP contribution in [0.15, 0.2) is 47.0 Å². The van der Waals surface area contributed by atoms with Crippen molar-refractivity contribution >= 4 is 28.8 Å². The molecular weight excluding hydrogens is 330 g/mol. The summed E-state index contributed by atoms with van der Waals surface area (Å²) in [5.41, 5.74) is 8.07. The monoisotopic (exact) mass is 351 g/mol. The summed E-state index contributed by atoms with van der Waals surface area (Å²) < 4.78 is 5.71. The van der Waals surface area contributed by atoms with Crippen LogP contribution in [-0.2, 0) is 11.3 Å². The first-order valence-corrected chi connectivity index (χ1v) is 8.78. The van der Waals surface area contributed by atoms with Crippen molar-refractivity contribution in [2.45, 2.75) is 19.4 Å². The predicted octanol–water partition coefficient (Wildman–Crippen LogP) is 2.54. The van der Waals surface area contributed by atoms with Gasteiger partial charge in [0, 0.05) is 37.3 Å². The Labute approximate surface area is 151 Å². The van der Waals surface area contributed by atoms with E-state index in [9.17, 15) is 4.79 Å². The number of carbonyl (C=O) groups is 1. The highest BCUT2D eigenvalue weighted by molar-refractivity contribution is 5.77. The minimum atomic E-state index is -0.205. The molecule has 3 aromatic rings. The van der Waals surface area contributed by atoms with Crippen molar-refractivity contribution in [2.75, 3.05) is 23.3 Å². The number of primary amides is 1. The zero-order valence-corrected chi connectivity index (χ0v) is 14.4. The molecule has 7 heteroatoms. The lowest BCUT2D eigenvalue weighted by atomic mass is 9.96. The van der Waals surface area contributed by atoms with Crippen molar-refractivity contribution in [1.29, 1.82) is 0 Å². The van der Waals surface area contributed by atoms with Gasteiger partial charge in [0.05, 0.1) is 0 Å². The number of para-hydroxylation sites is 2. The number of fused-ring (bicyclic) bond motifs is 1. The van der Waals surface area contributed by atoms with Gasteiger partial charge in [-0.3, -0.25) is 4.79 Å². The Kier molecular flexibility index (Phi) is 4.43. The molecule has 1 aromatic carbocycles. The van der Waals surface area contributed by atoms with E-state index >= 15 is 0 Å². The van der Waals surface area contributed by atoms with Crippen LogP contribution in [-0.4, -0.2) is 29.0 Å². The molecule has 26 heavy (non-hydrogen) atoms. The van der Waals surface area contributed by atoms with Crippen LogP contribution in [0.5, 0.6) is 0 Å². The van der Waals surface area contributed by atoms with Crippen LogP contribution in [0.1, 0.15) is 18.4 Å². The van der Waals surface area contributed by atoms with Gasteiger partial charge in [0.1, 0.15) is 11.3 Å². The molecule has 1 amide bonds. The maximum absolute atomic E-state index is 11.4. The summed E-state index contributed by atoms with van der Waals surface area (Å²) in [4.78, 5) is 22.6. The summed E-state index contributed by atoms with van der Waals surface area (Å²) in [5, 5.41) is 3.24. The standard InChI is InChI=1S/C19H21N5O2/c20-17(25)13-7-10-24(11-8-13)18-14(4-3-9-21-18)12-22-19-23-15-5-1-2-6-16(15)26-19/h1-6,9,13H,7-8,10-12H2,(H2,20,25)(H,22,23). The SMILES string of the molecule is NC(=O)C1CCN(c2ncccc2CNc2nc3ccccc3o2)CC1. The van der Waals surface area contributed by atoms with Gasteiger partial charge in [0.25, 0.3) is 6.01 Å². The molecule has 1 saturated heterocycles. The summed E-state index contributed by atoms with van der Waals surface area (Å²) in [6, 6.07) is 12.1. The lowest BCUT2D eigenvalue weighted by Gasteiger charge is -2.32. The molecule has 0 bridgehead atoms. The number of amides is 1. The van der Waals surface area contributed by atoms with Gasteiger partial charge in [-0.05, 0) is 31.0 Å². The van der Waals surface area contributed by atoms with Crippen molar-refractivity contribution in [3.63, 3.8) is 0 Å². The quantitative estimate of drug-likeness (QED) is 0.733. The van der Waals surface area contributed by atoms with Crippen LogP contribution < -0.4 is 16.0 Å². The second kappa shape index (κ2) is 7.03. The van der Waals surface area contributed by atoms with Gasteiger partial charge in [-0.2, -0.15) is 4.98 Å². The lowest BCUT2D eigenvalue weighted by Crippen LogP contribution is -2.39. The minimum Gasteiger partial charge on any atom is -0.424 e. The van der Waals surface area contributed by atoms with Crippen molar-refractivity contribution in [1.82, 2.24) is 9.97 Å². The number of piperidine rings is 1. The number of rotatable bonds is 5. The highest BCUT2D eigenvalue weighted by Crippen LogP contribution is 2.25. The second-order valence-corrected chi connectivity index (χ2v) is 6.49. The fourth-order valence-electron chi connectivity index (χ4n) is 3.35. The van der Waals surface area contributed by atoms with Gasteiger partial charge in [-0.1, -0.05) is 18.2 Å². The predicted molar refractivity (Wildman–Crippen MR) is 99.7 cm³/mol. The zero-order valence-electron chi connectivity index (χ0n) is 14.4. The molecule has 1 aliphatic heterocycles. The Morgan fingerprint density at radius 3 is 2.81 bits per heavy atom. The molecule has 0 aliphatic carbocycles. The van der Waals surface area contributed by atoms with Gasteiger partial charge >= 0.3 is 0 Å². The normalized spacial score (nSPS) is 15.3. The molecule has 0 radical (unpaired) electrons. The van der Waals surface area contributed by atoms with Crippen LogP contribution in [0.2, 0.25) is 0 Å². The van der Waals surface area contributed by atoms with E-state index in [0.29, 0.717) is 12.6 Å². The van der Waals surface area contributed by atoms with Crippen LogP contribution in [0.25, 0.3) is 11.1 Å². The van der Waals surface area contributed by atoms with E-state index in [1.165, 1.54) is 0 Å². The first kappa shape index (κ1) is 16.4. The summed E-state index contributed by atoms with van der Waals surface area (Å²) in [6.45, 7) is 2.12. The smallest absolute Gasteiger partial charge is 0.295 e. The molecule has 0 spiro atoms. The van der Waals surface area contributed by atoms with E-state index in [2.05, 4.69) is 20.2 Å². The molecule has 3 heterocycles. The zero-order chi connectivity index (χ0) is 17.9. The fourth-order valence-corrected chi connectivity index (χ4v) is 3.35. The average Bonchev–Trinajstić information content (AvgIpc) is 3.10. The van der Waals surface area contributed by atoms with E-state index in [1.54, 1.807) is 6.20 Å². The molecule has 134 valence electrons. The van der Waals surface area contributed by atoms with Crippen LogP contribution in [0, 0.1) is 5.92 Å². The van der Waals surface area contributed by atoms with E-state index in [0.717, 1.165) is 48.4 Å². The number of benzene rings is 1. The van der Waals surface area contributed by atoms with E-state index < -0.39 is 0 Å². The number of aromatic nitrogens is 2. The van der Waals surface area contributed by atoms with Gasteiger partial charge in [0.2, 0.25) is 5.91 Å². The molecule has 0 unspecified atom stereocenters. The van der Waals surface area contributed by atoms with Crippen molar-refractivity contribution in [2.24, 2.45) is 11.7 Å². The van der Waals surface area contributed by atoms with Crippen molar-refractivity contribution in [3.05, 3.63) is 48.2 Å². The molecule has 1 aliphatic rings. The van der Waals surface area contributed by atoms with Gasteiger partial charge < -0.3 is 20.4 Å². The Morgan fingerprint density at radius 2 is 2.04 bits per heavy atom. The minimum absolute atomic E-state index is 0.0312. The molecule has 2 aromatic heterocycles. The number of nitrogens with two attached hydrogens (primary N) is 1. The third-order valence-corrected chi connectivity index (χ3v) is 4.79.